The Labute approximate surface area is 98.0 Å². The molecule has 0 spiro atoms. The molecule has 6 heteroatoms. The molecule has 0 radical (unpaired) electrons. The van der Waals surface area contributed by atoms with Crippen molar-refractivity contribution in [2.45, 2.75) is 0 Å². The zero-order chi connectivity index (χ0) is 4.50. The Hall–Kier alpha value is 2.36. The molecule has 0 bridgehead atoms. The van der Waals surface area contributed by atoms with Crippen LogP contribution >= 0.6 is 0 Å². The third kappa shape index (κ3) is 32.8. The van der Waals surface area contributed by atoms with Crippen LogP contribution in [0.1, 0.15) is 0 Å². The maximum absolute atomic E-state index is 8.85. The molecular formula is H3CsO4Te. The Balaban J connectivity index is 0. The van der Waals surface area contributed by atoms with Crippen LogP contribution in [0.3, 0.4) is 0 Å². The summed E-state index contributed by atoms with van der Waals surface area (Å²) in [5.74, 6) is 0. The van der Waals surface area contributed by atoms with Crippen LogP contribution in [0.5, 0.6) is 0 Å². The molecular weight excluding hydrogens is 325 g/mol. The Morgan fingerprint density at radius 3 is 1.17 bits per heavy atom. The van der Waals surface area contributed by atoms with Gasteiger partial charge in [-0.15, -0.1) is 0 Å². The number of hydrogen-bond donors (Lipinski definition) is 2. The summed E-state index contributed by atoms with van der Waals surface area (Å²) in [5, 5.41) is 0. The predicted octanol–water partition coefficient (Wildman–Crippen LogP) is -2.38. The van der Waals surface area contributed by atoms with Gasteiger partial charge in [0, 0.05) is 0 Å². The molecule has 0 unspecified atom stereocenters. The van der Waals surface area contributed by atoms with Crippen LogP contribution in [-0.4, -0.2) is 94.8 Å². The Morgan fingerprint density at radius 2 is 1.17 bits per heavy atom. The van der Waals surface area contributed by atoms with E-state index in [1.807, 2.05) is 0 Å². The third-order valence-corrected chi connectivity index (χ3v) is 0. The van der Waals surface area contributed by atoms with Crippen LogP contribution < -0.4 is 0 Å². The van der Waals surface area contributed by atoms with Crippen LogP contribution in [0.4, 0.5) is 0 Å². The molecule has 34 valence electrons. The van der Waals surface area contributed by atoms with Gasteiger partial charge in [-0.25, -0.2) is 0 Å². The molecule has 0 rings (SSSR count). The second-order valence-corrected chi connectivity index (χ2v) is 3.00. The van der Waals surface area contributed by atoms with E-state index < -0.39 is 19.0 Å². The van der Waals surface area contributed by atoms with E-state index in [1.54, 1.807) is 0 Å². The van der Waals surface area contributed by atoms with Gasteiger partial charge in [0.25, 0.3) is 0 Å². The average Bonchev–Trinajstić information content (AvgIpc) is 0.722. The first kappa shape index (κ1) is 11.2. The topological polar surface area (TPSA) is 74.6 Å². The Bertz CT molecular complexity index is 90.7. The van der Waals surface area contributed by atoms with Crippen molar-refractivity contribution in [3.63, 3.8) is 0 Å². The average molecular weight is 328 g/mol. The monoisotopic (exact) mass is 330 g/mol. The fourth-order valence-corrected chi connectivity index (χ4v) is 0. The molecule has 0 aromatic rings. The summed E-state index contributed by atoms with van der Waals surface area (Å²) in [6.07, 6.45) is 0. The van der Waals surface area contributed by atoms with E-state index in [4.69, 9.17) is 13.2 Å². The van der Waals surface area contributed by atoms with E-state index in [0.29, 0.717) is 0 Å². The van der Waals surface area contributed by atoms with Crippen LogP contribution in [0.2, 0.25) is 0 Å². The summed E-state index contributed by atoms with van der Waals surface area (Å²) in [5.41, 5.74) is 0. The van der Waals surface area contributed by atoms with Gasteiger partial charge in [0.2, 0.25) is 0 Å². The van der Waals surface area contributed by atoms with Gasteiger partial charge in [0.15, 0.2) is 0 Å². The van der Waals surface area contributed by atoms with Crippen molar-refractivity contribution in [2.24, 2.45) is 0 Å². The summed E-state index contributed by atoms with van der Waals surface area (Å²) in [6.45, 7) is 0. The van der Waals surface area contributed by atoms with E-state index in [2.05, 4.69) is 0 Å². The van der Waals surface area contributed by atoms with E-state index in [-0.39, 0.29) is 68.9 Å². The first-order chi connectivity index (χ1) is 2.00. The first-order valence-corrected chi connectivity index (χ1v) is 4.69. The van der Waals surface area contributed by atoms with Crippen LogP contribution in [-0.2, 0) is 6.21 Å². The van der Waals surface area contributed by atoms with Crippen molar-refractivity contribution in [3.8, 4) is 0 Å². The fourth-order valence-electron chi connectivity index (χ4n) is 0. The molecule has 0 fully saturated rings. The Kier molecular flexibility index (Phi) is 7.95. The fraction of sp³-hybridized carbons (Fsp3) is 0. The quantitative estimate of drug-likeness (QED) is 0.487. The minimum atomic E-state index is -5.52. The second kappa shape index (κ2) is 4.26. The van der Waals surface area contributed by atoms with Crippen LogP contribution in [0, 0.1) is 0 Å². The van der Waals surface area contributed by atoms with Crippen LogP contribution in [0.25, 0.3) is 0 Å². The predicted molar refractivity (Wildman–Crippen MR) is 18.7 cm³/mol. The first-order valence-electron chi connectivity index (χ1n) is 0.698. The summed E-state index contributed by atoms with van der Waals surface area (Å²) in [6, 6.07) is 0. The van der Waals surface area contributed by atoms with Gasteiger partial charge in [-0.3, -0.25) is 0 Å². The van der Waals surface area contributed by atoms with Crippen molar-refractivity contribution in [2.75, 3.05) is 0 Å². The Morgan fingerprint density at radius 1 is 1.17 bits per heavy atom. The van der Waals surface area contributed by atoms with E-state index in [1.165, 1.54) is 0 Å². The third-order valence-electron chi connectivity index (χ3n) is 0. The molecule has 4 nitrogen and oxygen atoms in total. The molecule has 0 heterocycles. The minimum absolute atomic E-state index is 0. The maximum atomic E-state index is 8.85. The van der Waals surface area contributed by atoms with Gasteiger partial charge in [-0.1, -0.05) is 0 Å². The van der Waals surface area contributed by atoms with Gasteiger partial charge >= 0.3 is 101 Å². The summed E-state index contributed by atoms with van der Waals surface area (Å²) in [7, 11) is 0. The molecule has 0 aliphatic carbocycles. The van der Waals surface area contributed by atoms with Crippen molar-refractivity contribution >= 4 is 87.9 Å². The zero-order valence-corrected chi connectivity index (χ0v) is 4.45. The van der Waals surface area contributed by atoms with Crippen molar-refractivity contribution in [1.29, 1.82) is 0 Å². The van der Waals surface area contributed by atoms with Gasteiger partial charge in [-0.05, 0) is 0 Å². The molecule has 0 saturated heterocycles. The molecule has 0 aliphatic rings. The SMILES string of the molecule is O=[Te](=O)(O)O.[CsH]. The summed E-state index contributed by atoms with van der Waals surface area (Å²) in [4.78, 5) is 0. The van der Waals surface area contributed by atoms with Crippen LogP contribution in [0.15, 0.2) is 0 Å². The summed E-state index contributed by atoms with van der Waals surface area (Å²) < 4.78 is 32.0. The molecule has 0 aromatic heterocycles. The number of rotatable bonds is 0. The standard InChI is InChI=1S/Cs.H2O4Te.H/c;1-5(2,3)4;/h;(H2,1,2,3,4);. The molecule has 0 atom stereocenters. The molecule has 2 N–H and O–H groups in total. The molecule has 0 amide bonds. The molecule has 6 heavy (non-hydrogen) atoms. The van der Waals surface area contributed by atoms with Gasteiger partial charge < -0.3 is 0 Å². The molecule has 0 aliphatic heterocycles. The second-order valence-electron chi connectivity index (χ2n) is 0.448. The van der Waals surface area contributed by atoms with Crippen molar-refractivity contribution in [3.05, 3.63) is 0 Å². The zero-order valence-electron chi connectivity index (χ0n) is 2.12. The van der Waals surface area contributed by atoms with Gasteiger partial charge in [0.05, 0.1) is 0 Å². The van der Waals surface area contributed by atoms with Crippen molar-refractivity contribution < 1.29 is 13.2 Å². The van der Waals surface area contributed by atoms with Gasteiger partial charge in [0.1, 0.15) is 0 Å². The molecule has 0 saturated carbocycles. The summed E-state index contributed by atoms with van der Waals surface area (Å²) >= 11 is -5.52. The van der Waals surface area contributed by atoms with Crippen molar-refractivity contribution in [1.82, 2.24) is 0 Å². The van der Waals surface area contributed by atoms with E-state index in [9.17, 15) is 0 Å². The normalized spacial score (nSPS) is 9.67. The van der Waals surface area contributed by atoms with Gasteiger partial charge in [-0.2, -0.15) is 0 Å². The number of hydrogen-bond acceptors (Lipinski definition) is 2. The van der Waals surface area contributed by atoms with E-state index >= 15 is 0 Å². The van der Waals surface area contributed by atoms with E-state index in [0.717, 1.165) is 0 Å². The molecule has 0 aromatic carbocycles.